The first-order valence-corrected chi connectivity index (χ1v) is 7.45. The molecule has 0 aromatic carbocycles. The van der Waals surface area contributed by atoms with E-state index in [4.69, 9.17) is 4.74 Å². The number of hydrogen-bond donors (Lipinski definition) is 2. The number of esters is 1. The van der Waals surface area contributed by atoms with Crippen molar-refractivity contribution in [3.63, 3.8) is 0 Å². The summed E-state index contributed by atoms with van der Waals surface area (Å²) in [4.78, 5) is 16.0. The molecule has 0 aliphatic heterocycles. The highest BCUT2D eigenvalue weighted by Crippen LogP contribution is 2.18. The van der Waals surface area contributed by atoms with E-state index >= 15 is 0 Å². The first-order chi connectivity index (χ1) is 9.13. The minimum atomic E-state index is -0.394. The quantitative estimate of drug-likeness (QED) is 0.744. The van der Waals surface area contributed by atoms with Gasteiger partial charge in [0.25, 0.3) is 0 Å². The molecule has 1 aromatic rings. The van der Waals surface area contributed by atoms with E-state index in [0.29, 0.717) is 18.0 Å². The Morgan fingerprint density at radius 2 is 2.37 bits per heavy atom. The van der Waals surface area contributed by atoms with Crippen LogP contribution >= 0.6 is 11.8 Å². The molecule has 0 saturated carbocycles. The van der Waals surface area contributed by atoms with E-state index in [-0.39, 0.29) is 17.9 Å². The zero-order chi connectivity index (χ0) is 14.3. The summed E-state index contributed by atoms with van der Waals surface area (Å²) < 4.78 is 4.99. The van der Waals surface area contributed by atoms with Gasteiger partial charge < -0.3 is 15.2 Å². The fraction of sp³-hybridized carbons (Fsp3) is 0.538. The summed E-state index contributed by atoms with van der Waals surface area (Å²) in [6.45, 7) is 4.10. The lowest BCUT2D eigenvalue weighted by Crippen LogP contribution is -2.32. The minimum absolute atomic E-state index is 0.0110. The van der Waals surface area contributed by atoms with Crippen molar-refractivity contribution in [2.75, 3.05) is 24.8 Å². The first-order valence-electron chi connectivity index (χ1n) is 6.16. The molecule has 0 radical (unpaired) electrons. The Hall–Kier alpha value is -1.27. The van der Waals surface area contributed by atoms with Crippen molar-refractivity contribution in [2.24, 2.45) is 0 Å². The number of ether oxygens (including phenoxy) is 1. The highest BCUT2D eigenvalue weighted by Gasteiger charge is 2.19. The summed E-state index contributed by atoms with van der Waals surface area (Å²) in [5, 5.41) is 12.5. The van der Waals surface area contributed by atoms with Crippen LogP contribution in [0.25, 0.3) is 0 Å². The van der Waals surface area contributed by atoms with Crippen molar-refractivity contribution in [1.82, 2.24) is 4.98 Å². The van der Waals surface area contributed by atoms with Crippen LogP contribution in [-0.4, -0.2) is 46.8 Å². The second kappa shape index (κ2) is 8.01. The monoisotopic (exact) mass is 284 g/mol. The second-order valence-corrected chi connectivity index (χ2v) is 5.09. The normalized spacial score (nSPS) is 13.7. The Balaban J connectivity index is 2.86. The average molecular weight is 284 g/mol. The number of hydrogen-bond acceptors (Lipinski definition) is 6. The van der Waals surface area contributed by atoms with Crippen LogP contribution in [0.4, 0.5) is 5.82 Å². The van der Waals surface area contributed by atoms with Gasteiger partial charge in [0.2, 0.25) is 0 Å². The summed E-state index contributed by atoms with van der Waals surface area (Å²) in [7, 11) is 0. The number of carbonyl (C=O) groups is 1. The van der Waals surface area contributed by atoms with Crippen molar-refractivity contribution in [3.8, 4) is 0 Å². The Morgan fingerprint density at radius 1 is 1.63 bits per heavy atom. The topological polar surface area (TPSA) is 71.5 Å². The van der Waals surface area contributed by atoms with E-state index in [9.17, 15) is 9.90 Å². The number of carbonyl (C=O) groups excluding carboxylic acids is 1. The third-order valence-electron chi connectivity index (χ3n) is 2.71. The van der Waals surface area contributed by atoms with Gasteiger partial charge in [-0.15, -0.1) is 0 Å². The maximum absolute atomic E-state index is 11.8. The van der Waals surface area contributed by atoms with Gasteiger partial charge >= 0.3 is 5.97 Å². The third kappa shape index (κ3) is 4.40. The molecule has 1 rings (SSSR count). The molecule has 19 heavy (non-hydrogen) atoms. The molecule has 1 aromatic heterocycles. The molecule has 0 saturated heterocycles. The van der Waals surface area contributed by atoms with E-state index in [1.807, 2.05) is 13.2 Å². The van der Waals surface area contributed by atoms with Crippen LogP contribution in [0.2, 0.25) is 0 Å². The van der Waals surface area contributed by atoms with Crippen LogP contribution in [0.1, 0.15) is 24.2 Å². The number of nitrogens with zero attached hydrogens (tertiary/aromatic N) is 1. The fourth-order valence-electron chi connectivity index (χ4n) is 1.64. The van der Waals surface area contributed by atoms with Crippen molar-refractivity contribution in [2.45, 2.75) is 25.1 Å². The predicted molar refractivity (Wildman–Crippen MR) is 77.7 cm³/mol. The summed E-state index contributed by atoms with van der Waals surface area (Å²) in [5.41, 5.74) is 0.411. The molecular weight excluding hydrogens is 264 g/mol. The van der Waals surface area contributed by atoms with Crippen molar-refractivity contribution in [1.29, 1.82) is 0 Å². The number of pyridine rings is 1. The molecule has 2 N–H and O–H groups in total. The highest BCUT2D eigenvalue weighted by atomic mass is 32.2. The zero-order valence-electron chi connectivity index (χ0n) is 11.4. The van der Waals surface area contributed by atoms with Gasteiger partial charge in [-0.3, -0.25) is 0 Å². The molecule has 5 nitrogen and oxygen atoms in total. The van der Waals surface area contributed by atoms with Gasteiger partial charge in [-0.05, 0) is 32.2 Å². The fourth-order valence-corrected chi connectivity index (χ4v) is 2.26. The Bertz CT molecular complexity index is 411. The minimum Gasteiger partial charge on any atom is -0.462 e. The molecule has 2 atom stereocenters. The van der Waals surface area contributed by atoms with Crippen LogP contribution < -0.4 is 5.32 Å². The predicted octanol–water partition coefficient (Wildman–Crippen LogP) is 1.78. The zero-order valence-corrected chi connectivity index (χ0v) is 12.2. The van der Waals surface area contributed by atoms with E-state index in [1.165, 1.54) is 0 Å². The molecule has 106 valence electrons. The molecule has 0 fully saturated rings. The maximum atomic E-state index is 11.8. The summed E-state index contributed by atoms with van der Waals surface area (Å²) >= 11 is 1.57. The molecule has 0 unspecified atom stereocenters. The number of aliphatic hydroxyl groups excluding tert-OH is 1. The Labute approximate surface area is 117 Å². The molecule has 0 aliphatic carbocycles. The number of thioether (sulfide) groups is 1. The maximum Gasteiger partial charge on any atom is 0.341 e. The summed E-state index contributed by atoms with van der Waals surface area (Å²) in [5.74, 6) is 0.0935. The number of anilines is 1. The number of aromatic nitrogens is 1. The van der Waals surface area contributed by atoms with Gasteiger partial charge in [0.15, 0.2) is 0 Å². The molecular formula is C13H20N2O3S. The van der Waals surface area contributed by atoms with E-state index < -0.39 is 5.97 Å². The average Bonchev–Trinajstić information content (AvgIpc) is 2.41. The highest BCUT2D eigenvalue weighted by molar-refractivity contribution is 7.99. The van der Waals surface area contributed by atoms with Crippen molar-refractivity contribution in [3.05, 3.63) is 23.9 Å². The number of rotatable bonds is 7. The van der Waals surface area contributed by atoms with E-state index in [1.54, 1.807) is 37.0 Å². The van der Waals surface area contributed by atoms with Crippen LogP contribution in [-0.2, 0) is 4.74 Å². The van der Waals surface area contributed by atoms with Gasteiger partial charge in [-0.1, -0.05) is 0 Å². The lowest BCUT2D eigenvalue weighted by molar-refractivity contribution is 0.0527. The first kappa shape index (κ1) is 15.8. The standard InChI is InChI=1S/C13H20N2O3S/c1-4-18-13(17)10-6-5-7-14-12(10)15-9(2)11(8-16)19-3/h5-7,9,11,16H,4,8H2,1-3H3,(H,14,15)/t9-,11-/m1/s1. The third-order valence-corrected chi connectivity index (χ3v) is 3.87. The van der Waals surface area contributed by atoms with Crippen LogP contribution in [0.3, 0.4) is 0 Å². The SMILES string of the molecule is CCOC(=O)c1cccnc1N[C@H](C)[C@@H](CO)SC. The number of aliphatic hydroxyl groups is 1. The molecule has 0 amide bonds. The van der Waals surface area contributed by atoms with Crippen LogP contribution in [0, 0.1) is 0 Å². The van der Waals surface area contributed by atoms with Crippen molar-refractivity contribution >= 4 is 23.5 Å². The van der Waals surface area contributed by atoms with Crippen molar-refractivity contribution < 1.29 is 14.6 Å². The molecule has 0 bridgehead atoms. The van der Waals surface area contributed by atoms with Gasteiger partial charge in [0.05, 0.1) is 13.2 Å². The summed E-state index contributed by atoms with van der Waals surface area (Å²) in [6, 6.07) is 3.36. The molecule has 1 heterocycles. The molecule has 0 aliphatic rings. The van der Waals surface area contributed by atoms with Gasteiger partial charge in [-0.2, -0.15) is 11.8 Å². The summed E-state index contributed by atoms with van der Waals surface area (Å²) in [6.07, 6.45) is 3.55. The largest absolute Gasteiger partial charge is 0.462 e. The van der Waals surface area contributed by atoms with Gasteiger partial charge in [0.1, 0.15) is 11.4 Å². The van der Waals surface area contributed by atoms with Crippen LogP contribution in [0.5, 0.6) is 0 Å². The van der Waals surface area contributed by atoms with Gasteiger partial charge in [-0.25, -0.2) is 9.78 Å². The molecule has 0 spiro atoms. The Kier molecular flexibility index (Phi) is 6.66. The Morgan fingerprint density at radius 3 is 2.95 bits per heavy atom. The smallest absolute Gasteiger partial charge is 0.341 e. The van der Waals surface area contributed by atoms with E-state index in [2.05, 4.69) is 10.3 Å². The van der Waals surface area contributed by atoms with Gasteiger partial charge in [0, 0.05) is 17.5 Å². The lowest BCUT2D eigenvalue weighted by atomic mass is 10.2. The second-order valence-electron chi connectivity index (χ2n) is 4.01. The lowest BCUT2D eigenvalue weighted by Gasteiger charge is -2.22. The van der Waals surface area contributed by atoms with E-state index in [0.717, 1.165) is 0 Å². The van der Waals surface area contributed by atoms with Crippen LogP contribution in [0.15, 0.2) is 18.3 Å². The molecule has 6 heteroatoms. The number of nitrogens with one attached hydrogen (secondary N) is 1.